The summed E-state index contributed by atoms with van der Waals surface area (Å²) in [4.78, 5) is 13.0. The third-order valence-electron chi connectivity index (χ3n) is 5.86. The van der Waals surface area contributed by atoms with Crippen LogP contribution in [-0.4, -0.2) is 17.3 Å². The first-order chi connectivity index (χ1) is 18.0. The van der Waals surface area contributed by atoms with Crippen molar-refractivity contribution in [1.82, 2.24) is 0 Å². The van der Waals surface area contributed by atoms with Crippen molar-refractivity contribution in [1.29, 1.82) is 0 Å². The third kappa shape index (κ3) is 4.92. The monoisotopic (exact) mass is 496 g/mol. The Labute approximate surface area is 212 Å². The van der Waals surface area contributed by atoms with Gasteiger partial charge in [0, 0.05) is 11.6 Å². The Morgan fingerprint density at radius 3 is 1.95 bits per heavy atom. The van der Waals surface area contributed by atoms with E-state index in [1.54, 1.807) is 24.3 Å². The number of methoxy groups -OCH3 is 1. The first kappa shape index (κ1) is 23.8. The molecule has 4 aromatic carbocycles. The molecule has 1 aromatic heterocycles. The van der Waals surface area contributed by atoms with Crippen LogP contribution in [0.15, 0.2) is 100 Å². The Hall–Kier alpha value is -4.91. The van der Waals surface area contributed by atoms with Gasteiger partial charge in [-0.05, 0) is 35.4 Å². The van der Waals surface area contributed by atoms with Crippen molar-refractivity contribution in [3.05, 3.63) is 112 Å². The van der Waals surface area contributed by atoms with Crippen molar-refractivity contribution < 1.29 is 28.8 Å². The number of benzene rings is 4. The highest BCUT2D eigenvalue weighted by atomic mass is 16.5. The van der Waals surface area contributed by atoms with Crippen LogP contribution in [0.2, 0.25) is 0 Å². The van der Waals surface area contributed by atoms with Gasteiger partial charge in [0.2, 0.25) is 16.9 Å². The average Bonchev–Trinajstić information content (AvgIpc) is 2.94. The van der Waals surface area contributed by atoms with Gasteiger partial charge < -0.3 is 28.8 Å². The second-order valence-corrected chi connectivity index (χ2v) is 8.31. The summed E-state index contributed by atoms with van der Waals surface area (Å²) in [5, 5.41) is 21.2. The number of hydrogen-bond acceptors (Lipinski definition) is 7. The molecule has 0 aliphatic rings. The molecule has 2 N–H and O–H groups in total. The molecular formula is C30H24O7. The molecule has 0 unspecified atom stereocenters. The highest BCUT2D eigenvalue weighted by Gasteiger charge is 2.23. The van der Waals surface area contributed by atoms with Crippen LogP contribution in [0, 0.1) is 0 Å². The van der Waals surface area contributed by atoms with Crippen molar-refractivity contribution in [3.63, 3.8) is 0 Å². The van der Waals surface area contributed by atoms with Gasteiger partial charge in [0.25, 0.3) is 0 Å². The summed E-state index contributed by atoms with van der Waals surface area (Å²) in [6.07, 6.45) is 0. The number of phenols is 1. The van der Waals surface area contributed by atoms with Gasteiger partial charge in [-0.15, -0.1) is 0 Å². The molecule has 0 radical (unpaired) electrons. The number of phenolic OH excluding ortho intramolecular Hbond substituents is 1. The van der Waals surface area contributed by atoms with Crippen molar-refractivity contribution in [2.45, 2.75) is 13.2 Å². The zero-order chi connectivity index (χ0) is 25.8. The summed E-state index contributed by atoms with van der Waals surface area (Å²) in [6.45, 7) is 0.616. The second kappa shape index (κ2) is 10.4. The molecule has 0 saturated carbocycles. The summed E-state index contributed by atoms with van der Waals surface area (Å²) >= 11 is 0. The average molecular weight is 497 g/mol. The predicted octanol–water partition coefficient (Wildman–Crippen LogP) is 6.04. The van der Waals surface area contributed by atoms with E-state index < -0.39 is 16.9 Å². The standard InChI is InChI=1S/C30H24O7/c1-34-30-24(36-18-20-10-6-3-7-11-20)16-23-25(27(30)32)26(31)28(33)29(37-23)21-12-14-22(15-13-21)35-17-19-8-4-2-5-9-19/h2-16,32-33H,17-18H2,1H3. The van der Waals surface area contributed by atoms with Crippen LogP contribution in [0.5, 0.6) is 28.7 Å². The van der Waals surface area contributed by atoms with Gasteiger partial charge in [-0.25, -0.2) is 0 Å². The van der Waals surface area contributed by atoms with Gasteiger partial charge in [0.15, 0.2) is 17.3 Å². The second-order valence-electron chi connectivity index (χ2n) is 8.31. The molecule has 7 heteroatoms. The molecule has 0 aliphatic carbocycles. The predicted molar refractivity (Wildman–Crippen MR) is 139 cm³/mol. The SMILES string of the molecule is COc1c(OCc2ccccc2)cc2oc(-c3ccc(OCc4ccccc4)cc3)c(O)c(=O)c2c1O. The Morgan fingerprint density at radius 2 is 1.35 bits per heavy atom. The van der Waals surface area contributed by atoms with Gasteiger partial charge in [-0.2, -0.15) is 0 Å². The minimum Gasteiger partial charge on any atom is -0.504 e. The molecule has 5 rings (SSSR count). The number of hydrogen-bond donors (Lipinski definition) is 2. The molecule has 0 aliphatic heterocycles. The molecule has 7 nitrogen and oxygen atoms in total. The number of fused-ring (bicyclic) bond motifs is 1. The fourth-order valence-electron chi connectivity index (χ4n) is 3.96. The van der Waals surface area contributed by atoms with E-state index in [0.29, 0.717) is 17.9 Å². The van der Waals surface area contributed by atoms with E-state index in [0.717, 1.165) is 11.1 Å². The number of rotatable bonds is 8. The maximum absolute atomic E-state index is 13.0. The molecule has 5 aromatic rings. The molecule has 0 amide bonds. The van der Waals surface area contributed by atoms with E-state index in [4.69, 9.17) is 18.6 Å². The Balaban J connectivity index is 1.47. The van der Waals surface area contributed by atoms with Crippen LogP contribution in [-0.2, 0) is 13.2 Å². The maximum Gasteiger partial charge on any atom is 0.238 e. The minimum absolute atomic E-state index is 0.0252. The lowest BCUT2D eigenvalue weighted by atomic mass is 10.1. The van der Waals surface area contributed by atoms with Crippen molar-refractivity contribution in [2.75, 3.05) is 7.11 Å². The molecule has 0 atom stereocenters. The lowest BCUT2D eigenvalue weighted by Crippen LogP contribution is -2.05. The van der Waals surface area contributed by atoms with E-state index in [2.05, 4.69) is 0 Å². The highest BCUT2D eigenvalue weighted by Crippen LogP contribution is 2.44. The maximum atomic E-state index is 13.0. The number of ether oxygens (including phenoxy) is 3. The highest BCUT2D eigenvalue weighted by molar-refractivity contribution is 5.91. The van der Waals surface area contributed by atoms with Gasteiger partial charge >= 0.3 is 0 Å². The lowest BCUT2D eigenvalue weighted by Gasteiger charge is -2.15. The van der Waals surface area contributed by atoms with Gasteiger partial charge in [-0.3, -0.25) is 4.79 Å². The molecule has 186 valence electrons. The van der Waals surface area contributed by atoms with Crippen LogP contribution in [0.25, 0.3) is 22.3 Å². The van der Waals surface area contributed by atoms with Crippen LogP contribution >= 0.6 is 0 Å². The Kier molecular flexibility index (Phi) is 6.68. The number of aromatic hydroxyl groups is 2. The largest absolute Gasteiger partial charge is 0.504 e. The topological polar surface area (TPSA) is 98.4 Å². The van der Waals surface area contributed by atoms with Gasteiger partial charge in [0.05, 0.1) is 7.11 Å². The molecule has 37 heavy (non-hydrogen) atoms. The van der Waals surface area contributed by atoms with E-state index in [1.165, 1.54) is 13.2 Å². The van der Waals surface area contributed by atoms with Crippen molar-refractivity contribution >= 4 is 11.0 Å². The van der Waals surface area contributed by atoms with Crippen LogP contribution in [0.4, 0.5) is 0 Å². The molecule has 0 saturated heterocycles. The van der Waals surface area contributed by atoms with Crippen molar-refractivity contribution in [2.24, 2.45) is 0 Å². The van der Waals surface area contributed by atoms with E-state index >= 15 is 0 Å². The van der Waals surface area contributed by atoms with E-state index in [1.807, 2.05) is 60.7 Å². The fraction of sp³-hybridized carbons (Fsp3) is 0.100. The van der Waals surface area contributed by atoms with Gasteiger partial charge in [0.1, 0.15) is 29.9 Å². The quantitative estimate of drug-likeness (QED) is 0.270. The Morgan fingerprint density at radius 1 is 0.757 bits per heavy atom. The molecule has 0 fully saturated rings. The van der Waals surface area contributed by atoms with Gasteiger partial charge in [-0.1, -0.05) is 60.7 Å². The summed E-state index contributed by atoms with van der Waals surface area (Å²) in [5.74, 6) is -0.340. The van der Waals surface area contributed by atoms with E-state index in [9.17, 15) is 15.0 Å². The van der Waals surface area contributed by atoms with Crippen LogP contribution in [0.3, 0.4) is 0 Å². The summed E-state index contributed by atoms with van der Waals surface area (Å²) in [7, 11) is 1.35. The molecule has 1 heterocycles. The van der Waals surface area contributed by atoms with Crippen molar-refractivity contribution in [3.8, 4) is 40.1 Å². The van der Waals surface area contributed by atoms with E-state index in [-0.39, 0.29) is 34.8 Å². The first-order valence-corrected chi connectivity index (χ1v) is 11.6. The summed E-state index contributed by atoms with van der Waals surface area (Å²) in [6, 6.07) is 27.5. The molecular weight excluding hydrogens is 472 g/mol. The van der Waals surface area contributed by atoms with Crippen LogP contribution < -0.4 is 19.6 Å². The summed E-state index contributed by atoms with van der Waals surface area (Å²) in [5.41, 5.74) is 1.66. The fourth-order valence-corrected chi connectivity index (χ4v) is 3.96. The minimum atomic E-state index is -0.786. The molecule has 0 spiro atoms. The Bertz CT molecular complexity index is 1570. The summed E-state index contributed by atoms with van der Waals surface area (Å²) < 4.78 is 22.9. The third-order valence-corrected chi connectivity index (χ3v) is 5.86. The van der Waals surface area contributed by atoms with Crippen LogP contribution in [0.1, 0.15) is 11.1 Å². The lowest BCUT2D eigenvalue weighted by molar-refractivity contribution is 0.278. The normalized spacial score (nSPS) is 10.8. The molecule has 0 bridgehead atoms. The first-order valence-electron chi connectivity index (χ1n) is 11.6. The zero-order valence-electron chi connectivity index (χ0n) is 20.0. The zero-order valence-corrected chi connectivity index (χ0v) is 20.0. The smallest absolute Gasteiger partial charge is 0.238 e.